The molecule has 2 atom stereocenters. The molecule has 21 heavy (non-hydrogen) atoms. The molecule has 1 saturated carbocycles. The number of carbonyl (C=O) groups excluding carboxylic acids is 1. The van der Waals surface area contributed by atoms with Crippen LogP contribution in [0.15, 0.2) is 11.3 Å². The molecule has 0 aromatic rings. The van der Waals surface area contributed by atoms with Crippen LogP contribution >= 0.6 is 0 Å². The normalized spacial score (nSPS) is 24.8. The first-order chi connectivity index (χ1) is 9.88. The Kier molecular flexibility index (Phi) is 6.72. The van der Waals surface area contributed by atoms with Crippen LogP contribution in [0.25, 0.3) is 0 Å². The van der Waals surface area contributed by atoms with E-state index in [0.717, 1.165) is 0 Å². The lowest BCUT2D eigenvalue weighted by molar-refractivity contribution is -0.150. The number of esters is 1. The van der Waals surface area contributed by atoms with Crippen molar-refractivity contribution in [3.63, 3.8) is 0 Å². The Labute approximate surface area is 126 Å². The molecule has 0 radical (unpaired) electrons. The maximum atomic E-state index is 12.2. The fourth-order valence-electron chi connectivity index (χ4n) is 2.71. The highest BCUT2D eigenvalue weighted by molar-refractivity contribution is 5.81. The Hall–Kier alpha value is -1.52. The van der Waals surface area contributed by atoms with Gasteiger partial charge in [-0.3, -0.25) is 9.59 Å². The summed E-state index contributed by atoms with van der Waals surface area (Å²) in [5.74, 6) is -2.51. The largest absolute Gasteiger partial charge is 0.512 e. The second-order valence-electron chi connectivity index (χ2n) is 6.05. The van der Waals surface area contributed by atoms with Crippen molar-refractivity contribution >= 4 is 11.9 Å². The minimum absolute atomic E-state index is 0.0519. The van der Waals surface area contributed by atoms with Crippen LogP contribution in [0.5, 0.6) is 0 Å². The quantitative estimate of drug-likeness (QED) is 0.580. The highest BCUT2D eigenvalue weighted by atomic mass is 16.5. The predicted molar refractivity (Wildman–Crippen MR) is 78.8 cm³/mol. The fraction of sp³-hybridized carbons (Fsp3) is 0.750. The SMILES string of the molecule is CCCC(O)=C1C(C(=O)O)CCCC1C(=O)OCC(C)C. The summed E-state index contributed by atoms with van der Waals surface area (Å²) in [6.45, 7) is 6.11. The maximum Gasteiger partial charge on any atom is 0.313 e. The first-order valence-electron chi connectivity index (χ1n) is 7.69. The van der Waals surface area contributed by atoms with Crippen molar-refractivity contribution in [2.45, 2.75) is 52.9 Å². The lowest BCUT2D eigenvalue weighted by atomic mass is 9.75. The highest BCUT2D eigenvalue weighted by Crippen LogP contribution is 2.38. The van der Waals surface area contributed by atoms with Crippen molar-refractivity contribution in [1.29, 1.82) is 0 Å². The van der Waals surface area contributed by atoms with Crippen LogP contribution in [0.4, 0.5) is 0 Å². The minimum atomic E-state index is -0.978. The van der Waals surface area contributed by atoms with Crippen molar-refractivity contribution in [3.8, 4) is 0 Å². The van der Waals surface area contributed by atoms with E-state index in [-0.39, 0.29) is 11.7 Å². The molecule has 0 bridgehead atoms. The Bertz CT molecular complexity index is 411. The van der Waals surface area contributed by atoms with Crippen molar-refractivity contribution in [2.24, 2.45) is 17.8 Å². The average Bonchev–Trinajstić information content (AvgIpc) is 2.43. The van der Waals surface area contributed by atoms with E-state index in [2.05, 4.69) is 0 Å². The molecule has 5 heteroatoms. The van der Waals surface area contributed by atoms with Crippen molar-refractivity contribution in [1.82, 2.24) is 0 Å². The van der Waals surface area contributed by atoms with Gasteiger partial charge in [-0.05, 0) is 30.8 Å². The number of ether oxygens (including phenoxy) is 1. The number of carbonyl (C=O) groups is 2. The molecule has 1 fully saturated rings. The molecule has 0 aromatic heterocycles. The number of carboxylic acid groups (broad SMARTS) is 1. The number of hydrogen-bond donors (Lipinski definition) is 2. The minimum Gasteiger partial charge on any atom is -0.512 e. The second kappa shape index (κ2) is 8.05. The zero-order valence-electron chi connectivity index (χ0n) is 13.1. The van der Waals surface area contributed by atoms with Gasteiger partial charge in [-0.1, -0.05) is 27.2 Å². The molecular weight excluding hydrogens is 272 g/mol. The van der Waals surface area contributed by atoms with E-state index in [1.807, 2.05) is 20.8 Å². The summed E-state index contributed by atoms with van der Waals surface area (Å²) in [6.07, 6.45) is 2.76. The van der Waals surface area contributed by atoms with Gasteiger partial charge in [0.05, 0.1) is 24.2 Å². The Balaban J connectivity index is 3.00. The van der Waals surface area contributed by atoms with Gasteiger partial charge in [0.25, 0.3) is 0 Å². The molecule has 1 aliphatic carbocycles. The zero-order valence-corrected chi connectivity index (χ0v) is 13.1. The Morgan fingerprint density at radius 3 is 2.38 bits per heavy atom. The van der Waals surface area contributed by atoms with Crippen molar-refractivity contribution < 1.29 is 24.5 Å². The van der Waals surface area contributed by atoms with Gasteiger partial charge in [0.2, 0.25) is 0 Å². The molecule has 0 heterocycles. The molecule has 1 aliphatic rings. The lowest BCUT2D eigenvalue weighted by Crippen LogP contribution is -2.33. The van der Waals surface area contributed by atoms with Crippen molar-refractivity contribution in [3.05, 3.63) is 11.3 Å². The van der Waals surface area contributed by atoms with E-state index in [1.165, 1.54) is 0 Å². The van der Waals surface area contributed by atoms with Crippen LogP contribution in [0.1, 0.15) is 52.9 Å². The Morgan fingerprint density at radius 1 is 1.24 bits per heavy atom. The molecule has 0 saturated heterocycles. The third-order valence-corrected chi connectivity index (χ3v) is 3.70. The summed E-state index contributed by atoms with van der Waals surface area (Å²) in [7, 11) is 0. The standard InChI is InChI=1S/C16H26O5/c1-4-6-13(17)14-11(15(18)19)7-5-8-12(14)16(20)21-9-10(2)3/h10-12,17H,4-9H2,1-3H3,(H,18,19). The van der Waals surface area contributed by atoms with Gasteiger partial charge in [-0.15, -0.1) is 0 Å². The number of aliphatic carboxylic acids is 1. The van der Waals surface area contributed by atoms with Gasteiger partial charge < -0.3 is 14.9 Å². The fourth-order valence-corrected chi connectivity index (χ4v) is 2.71. The molecule has 0 aromatic carbocycles. The smallest absolute Gasteiger partial charge is 0.313 e. The predicted octanol–water partition coefficient (Wildman–Crippen LogP) is 3.30. The number of allylic oxidation sites excluding steroid dienone is 1. The van der Waals surface area contributed by atoms with Crippen LogP contribution in [0, 0.1) is 17.8 Å². The summed E-state index contributed by atoms with van der Waals surface area (Å²) < 4.78 is 5.25. The summed E-state index contributed by atoms with van der Waals surface area (Å²) in [5.41, 5.74) is 0.365. The molecule has 2 unspecified atom stereocenters. The molecule has 1 rings (SSSR count). The molecule has 2 N–H and O–H groups in total. The van der Waals surface area contributed by atoms with Gasteiger partial charge in [-0.2, -0.15) is 0 Å². The van der Waals surface area contributed by atoms with Crippen LogP contribution in [0.2, 0.25) is 0 Å². The molecule has 0 amide bonds. The van der Waals surface area contributed by atoms with Gasteiger partial charge in [0.1, 0.15) is 0 Å². The molecule has 120 valence electrons. The number of carboxylic acids is 1. The van der Waals surface area contributed by atoms with Crippen LogP contribution in [-0.4, -0.2) is 28.8 Å². The van der Waals surface area contributed by atoms with E-state index >= 15 is 0 Å². The van der Waals surface area contributed by atoms with Crippen LogP contribution in [-0.2, 0) is 14.3 Å². The van der Waals surface area contributed by atoms with Gasteiger partial charge in [0.15, 0.2) is 0 Å². The lowest BCUT2D eigenvalue weighted by Gasteiger charge is -2.30. The topological polar surface area (TPSA) is 83.8 Å². The van der Waals surface area contributed by atoms with Gasteiger partial charge in [0, 0.05) is 6.42 Å². The molecule has 5 nitrogen and oxygen atoms in total. The maximum absolute atomic E-state index is 12.2. The van der Waals surface area contributed by atoms with Gasteiger partial charge >= 0.3 is 11.9 Å². The third-order valence-electron chi connectivity index (χ3n) is 3.70. The number of aliphatic hydroxyl groups excluding tert-OH is 1. The Morgan fingerprint density at radius 2 is 1.86 bits per heavy atom. The van der Waals surface area contributed by atoms with E-state index < -0.39 is 23.8 Å². The summed E-state index contributed by atoms with van der Waals surface area (Å²) in [6, 6.07) is 0. The number of rotatable bonds is 6. The average molecular weight is 298 g/mol. The summed E-state index contributed by atoms with van der Waals surface area (Å²) in [5, 5.41) is 19.5. The van der Waals surface area contributed by atoms with Gasteiger partial charge in [-0.25, -0.2) is 0 Å². The summed E-state index contributed by atoms with van der Waals surface area (Å²) >= 11 is 0. The van der Waals surface area contributed by atoms with E-state index in [0.29, 0.717) is 44.3 Å². The van der Waals surface area contributed by atoms with Crippen LogP contribution < -0.4 is 0 Å². The second-order valence-corrected chi connectivity index (χ2v) is 6.05. The van der Waals surface area contributed by atoms with Crippen molar-refractivity contribution in [2.75, 3.05) is 6.61 Å². The molecule has 0 spiro atoms. The monoisotopic (exact) mass is 298 g/mol. The van der Waals surface area contributed by atoms with E-state index in [4.69, 9.17) is 4.74 Å². The van der Waals surface area contributed by atoms with E-state index in [1.54, 1.807) is 0 Å². The first-order valence-corrected chi connectivity index (χ1v) is 7.69. The molecule has 0 aliphatic heterocycles. The highest BCUT2D eigenvalue weighted by Gasteiger charge is 2.39. The summed E-state index contributed by atoms with van der Waals surface area (Å²) in [4.78, 5) is 23.6. The molecular formula is C16H26O5. The number of hydrogen-bond acceptors (Lipinski definition) is 4. The van der Waals surface area contributed by atoms with Crippen LogP contribution in [0.3, 0.4) is 0 Å². The number of aliphatic hydroxyl groups is 1. The zero-order chi connectivity index (χ0) is 16.0. The van der Waals surface area contributed by atoms with E-state index in [9.17, 15) is 19.8 Å². The first kappa shape index (κ1) is 17.5. The third kappa shape index (κ3) is 4.76.